The number of hydrogen-bond donors (Lipinski definition) is 0. The smallest absolute Gasteiger partial charge is 0.134 e. The molecule has 1 aromatic carbocycles. The van der Waals surface area contributed by atoms with Gasteiger partial charge in [0.25, 0.3) is 0 Å². The van der Waals surface area contributed by atoms with E-state index in [1.54, 1.807) is 0 Å². The maximum Gasteiger partial charge on any atom is 0.134 e. The average Bonchev–Trinajstić information content (AvgIpc) is 2.39. The highest BCUT2D eigenvalue weighted by molar-refractivity contribution is 9.11. The molecule has 3 heteroatoms. The monoisotopic (exact) mass is 390 g/mol. The number of hydrogen-bond acceptors (Lipinski definition) is 1. The van der Waals surface area contributed by atoms with Gasteiger partial charge in [-0.25, -0.2) is 0 Å². The summed E-state index contributed by atoms with van der Waals surface area (Å²) in [6.07, 6.45) is 5.17. The highest BCUT2D eigenvalue weighted by atomic mass is 79.9. The number of halogens is 2. The second kappa shape index (κ2) is 9.02. The molecule has 2 atom stereocenters. The molecule has 0 bridgehead atoms. The van der Waals surface area contributed by atoms with Crippen molar-refractivity contribution >= 4 is 31.9 Å². The molecule has 108 valence electrons. The molecule has 19 heavy (non-hydrogen) atoms. The quantitative estimate of drug-likeness (QED) is 0.495. The predicted octanol–water partition coefficient (Wildman–Crippen LogP) is 6.44. The zero-order chi connectivity index (χ0) is 14.3. The average molecular weight is 392 g/mol. The summed E-state index contributed by atoms with van der Waals surface area (Å²) in [4.78, 5) is 0. The van der Waals surface area contributed by atoms with Gasteiger partial charge < -0.3 is 4.74 Å². The molecular weight excluding hydrogens is 368 g/mol. The van der Waals surface area contributed by atoms with E-state index in [-0.39, 0.29) is 0 Å². The Balaban J connectivity index is 2.29. The lowest BCUT2D eigenvalue weighted by molar-refractivity contribution is 0.245. The minimum Gasteiger partial charge on any atom is -0.492 e. The third-order valence-corrected chi connectivity index (χ3v) is 4.66. The van der Waals surface area contributed by atoms with Gasteiger partial charge in [0.2, 0.25) is 0 Å². The van der Waals surface area contributed by atoms with Crippen LogP contribution in [0.3, 0.4) is 0 Å². The van der Waals surface area contributed by atoms with Crippen LogP contribution in [0.5, 0.6) is 5.75 Å². The number of benzene rings is 1. The van der Waals surface area contributed by atoms with Crippen LogP contribution >= 0.6 is 31.9 Å². The molecule has 0 heterocycles. The fraction of sp³-hybridized carbons (Fsp3) is 0.625. The van der Waals surface area contributed by atoms with Crippen molar-refractivity contribution < 1.29 is 4.74 Å². The number of rotatable bonds is 8. The SMILES string of the molecule is CCC(C)CCCC(C)COc1cc(Br)ccc1Br. The van der Waals surface area contributed by atoms with Gasteiger partial charge in [0, 0.05) is 4.47 Å². The number of ether oxygens (including phenoxy) is 1. The molecule has 0 fully saturated rings. The third-order valence-electron chi connectivity index (χ3n) is 3.51. The van der Waals surface area contributed by atoms with Crippen LogP contribution in [0.2, 0.25) is 0 Å². The molecule has 0 aliphatic heterocycles. The van der Waals surface area contributed by atoms with Crippen molar-refractivity contribution in [3.05, 3.63) is 27.1 Å². The van der Waals surface area contributed by atoms with Crippen LogP contribution in [0.15, 0.2) is 27.1 Å². The maximum atomic E-state index is 5.89. The molecule has 0 radical (unpaired) electrons. The molecule has 0 aliphatic rings. The van der Waals surface area contributed by atoms with Crippen LogP contribution in [0, 0.1) is 11.8 Å². The van der Waals surface area contributed by atoms with Gasteiger partial charge in [-0.3, -0.25) is 0 Å². The Labute approximate surface area is 134 Å². The molecule has 0 saturated heterocycles. The van der Waals surface area contributed by atoms with Gasteiger partial charge >= 0.3 is 0 Å². The summed E-state index contributed by atoms with van der Waals surface area (Å²) in [6.45, 7) is 7.65. The largest absolute Gasteiger partial charge is 0.492 e. The predicted molar refractivity (Wildman–Crippen MR) is 89.8 cm³/mol. The summed E-state index contributed by atoms with van der Waals surface area (Å²) < 4.78 is 7.95. The van der Waals surface area contributed by atoms with E-state index in [4.69, 9.17) is 4.74 Å². The van der Waals surface area contributed by atoms with Crippen molar-refractivity contribution in [3.63, 3.8) is 0 Å². The molecule has 1 aromatic rings. The minimum absolute atomic E-state index is 0.606. The standard InChI is InChI=1S/C16H24Br2O/c1-4-12(2)6-5-7-13(3)11-19-16-10-14(17)8-9-15(16)18/h8-10,12-13H,4-7,11H2,1-3H3. The highest BCUT2D eigenvalue weighted by Crippen LogP contribution is 2.29. The van der Waals surface area contributed by atoms with Crippen LogP contribution in [-0.2, 0) is 0 Å². The molecule has 0 aliphatic carbocycles. The van der Waals surface area contributed by atoms with E-state index in [9.17, 15) is 0 Å². The van der Waals surface area contributed by atoms with Crippen LogP contribution in [0.1, 0.15) is 46.5 Å². The molecule has 2 unspecified atom stereocenters. The molecule has 1 nitrogen and oxygen atoms in total. The lowest BCUT2D eigenvalue weighted by Gasteiger charge is -2.15. The van der Waals surface area contributed by atoms with Crippen molar-refractivity contribution in [2.45, 2.75) is 46.5 Å². The van der Waals surface area contributed by atoms with Gasteiger partial charge in [-0.2, -0.15) is 0 Å². The van der Waals surface area contributed by atoms with Crippen molar-refractivity contribution in [2.24, 2.45) is 11.8 Å². The Kier molecular flexibility index (Phi) is 8.08. The first-order valence-corrected chi connectivity index (χ1v) is 8.69. The molecule has 0 N–H and O–H groups in total. The third kappa shape index (κ3) is 6.80. The molecule has 0 spiro atoms. The molecule has 1 rings (SSSR count). The summed E-state index contributed by atoms with van der Waals surface area (Å²) in [5, 5.41) is 0. The summed E-state index contributed by atoms with van der Waals surface area (Å²) in [6, 6.07) is 6.02. The van der Waals surface area contributed by atoms with E-state index < -0.39 is 0 Å². The lowest BCUT2D eigenvalue weighted by Crippen LogP contribution is -2.09. The van der Waals surface area contributed by atoms with Gasteiger partial charge in [0.15, 0.2) is 0 Å². The van der Waals surface area contributed by atoms with E-state index in [1.165, 1.54) is 25.7 Å². The molecule has 0 aromatic heterocycles. The van der Waals surface area contributed by atoms with Gasteiger partial charge in [0.1, 0.15) is 5.75 Å². The van der Waals surface area contributed by atoms with E-state index in [2.05, 4.69) is 52.6 Å². The normalized spacial score (nSPS) is 14.2. The van der Waals surface area contributed by atoms with Crippen molar-refractivity contribution in [3.8, 4) is 5.75 Å². The summed E-state index contributed by atoms with van der Waals surface area (Å²) >= 11 is 6.98. The van der Waals surface area contributed by atoms with Crippen LogP contribution in [-0.4, -0.2) is 6.61 Å². The van der Waals surface area contributed by atoms with Crippen molar-refractivity contribution in [1.82, 2.24) is 0 Å². The minimum atomic E-state index is 0.606. The Morgan fingerprint density at radius 2 is 1.79 bits per heavy atom. The Morgan fingerprint density at radius 3 is 2.47 bits per heavy atom. The van der Waals surface area contributed by atoms with Gasteiger partial charge in [-0.05, 0) is 52.4 Å². The highest BCUT2D eigenvalue weighted by Gasteiger charge is 2.07. The van der Waals surface area contributed by atoms with Crippen LogP contribution < -0.4 is 4.74 Å². The van der Waals surface area contributed by atoms with Gasteiger partial charge in [-0.1, -0.05) is 56.0 Å². The summed E-state index contributed by atoms with van der Waals surface area (Å²) in [5.41, 5.74) is 0. The second-order valence-corrected chi connectivity index (χ2v) is 7.21. The second-order valence-electron chi connectivity index (χ2n) is 5.44. The van der Waals surface area contributed by atoms with Crippen molar-refractivity contribution in [1.29, 1.82) is 0 Å². The Morgan fingerprint density at radius 1 is 1.11 bits per heavy atom. The van der Waals surface area contributed by atoms with Gasteiger partial charge in [-0.15, -0.1) is 0 Å². The van der Waals surface area contributed by atoms with E-state index >= 15 is 0 Å². The Hall–Kier alpha value is -0.0200. The zero-order valence-corrected chi connectivity index (χ0v) is 15.3. The van der Waals surface area contributed by atoms with E-state index in [0.717, 1.165) is 27.2 Å². The lowest BCUT2D eigenvalue weighted by atomic mass is 9.97. The first kappa shape index (κ1) is 17.0. The van der Waals surface area contributed by atoms with Crippen molar-refractivity contribution in [2.75, 3.05) is 6.61 Å². The fourth-order valence-corrected chi connectivity index (χ4v) is 2.62. The first-order valence-electron chi connectivity index (χ1n) is 7.10. The van der Waals surface area contributed by atoms with E-state index in [0.29, 0.717) is 5.92 Å². The Bertz CT molecular complexity index is 379. The summed E-state index contributed by atoms with van der Waals surface area (Å²) in [5.74, 6) is 2.38. The first-order chi connectivity index (χ1) is 9.02. The van der Waals surface area contributed by atoms with E-state index in [1.807, 2.05) is 18.2 Å². The van der Waals surface area contributed by atoms with Crippen LogP contribution in [0.25, 0.3) is 0 Å². The fourth-order valence-electron chi connectivity index (χ4n) is 1.92. The zero-order valence-electron chi connectivity index (χ0n) is 12.1. The van der Waals surface area contributed by atoms with Crippen LogP contribution in [0.4, 0.5) is 0 Å². The topological polar surface area (TPSA) is 9.23 Å². The summed E-state index contributed by atoms with van der Waals surface area (Å²) in [7, 11) is 0. The molecule has 0 saturated carbocycles. The van der Waals surface area contributed by atoms with Gasteiger partial charge in [0.05, 0.1) is 11.1 Å². The molecular formula is C16H24Br2O. The maximum absolute atomic E-state index is 5.89. The molecule has 0 amide bonds.